The van der Waals surface area contributed by atoms with Gasteiger partial charge in [0.05, 0.1) is 16.7 Å². The summed E-state index contributed by atoms with van der Waals surface area (Å²) in [5.41, 5.74) is 0.850. The summed E-state index contributed by atoms with van der Waals surface area (Å²) < 4.78 is 6.17. The smallest absolute Gasteiger partial charge is 0.270 e. The van der Waals surface area contributed by atoms with E-state index in [1.54, 1.807) is 24.3 Å². The first-order valence-electron chi connectivity index (χ1n) is 8.13. The molecule has 0 aliphatic rings. The van der Waals surface area contributed by atoms with Crippen molar-refractivity contribution in [2.24, 2.45) is 0 Å². The number of hydrogen-bond acceptors (Lipinski definition) is 5. The summed E-state index contributed by atoms with van der Waals surface area (Å²) >= 11 is 8.39. The number of nitrogens with zero attached hydrogens (tertiary/aromatic N) is 1. The van der Waals surface area contributed by atoms with Crippen LogP contribution in [0.4, 0.5) is 11.4 Å². The number of nitro benzene ring substituents is 1. The molecule has 0 spiro atoms. The summed E-state index contributed by atoms with van der Waals surface area (Å²) in [4.78, 5) is 22.7. The van der Waals surface area contributed by atoms with Gasteiger partial charge in [0.2, 0.25) is 0 Å². The standard InChI is InChI=1S/C18H18BrN3O4S/c1-3-11(2)26-14-6-4-5-12(9-14)17(23)21-18(27)20-16-8-7-13(22(24)25)10-15(16)19/h4-11H,3H2,1-2H3,(H2,20,21,23,27). The van der Waals surface area contributed by atoms with Crippen LogP contribution in [0.25, 0.3) is 0 Å². The van der Waals surface area contributed by atoms with E-state index in [0.717, 1.165) is 6.42 Å². The van der Waals surface area contributed by atoms with Crippen molar-refractivity contribution < 1.29 is 14.5 Å². The molecule has 0 aliphatic carbocycles. The van der Waals surface area contributed by atoms with E-state index in [-0.39, 0.29) is 22.8 Å². The summed E-state index contributed by atoms with van der Waals surface area (Å²) in [5, 5.41) is 16.3. The number of nitro groups is 1. The minimum atomic E-state index is -0.497. The van der Waals surface area contributed by atoms with Crippen molar-refractivity contribution in [1.29, 1.82) is 0 Å². The van der Waals surface area contributed by atoms with Gasteiger partial charge in [-0.3, -0.25) is 20.2 Å². The lowest BCUT2D eigenvalue weighted by atomic mass is 10.2. The monoisotopic (exact) mass is 451 g/mol. The number of amides is 1. The number of anilines is 1. The molecule has 1 atom stereocenters. The Hall–Kier alpha value is -2.52. The molecule has 7 nitrogen and oxygen atoms in total. The predicted molar refractivity (Wildman–Crippen MR) is 111 cm³/mol. The first-order valence-corrected chi connectivity index (χ1v) is 9.33. The fraction of sp³-hybridized carbons (Fsp3) is 0.222. The fourth-order valence-electron chi connectivity index (χ4n) is 2.07. The second-order valence-corrected chi connectivity index (χ2v) is 6.96. The van der Waals surface area contributed by atoms with Crippen LogP contribution in [0.5, 0.6) is 5.75 Å². The topological polar surface area (TPSA) is 93.5 Å². The maximum atomic E-state index is 12.4. The van der Waals surface area contributed by atoms with Crippen molar-refractivity contribution in [2.75, 3.05) is 5.32 Å². The van der Waals surface area contributed by atoms with Crippen LogP contribution in [0.15, 0.2) is 46.9 Å². The van der Waals surface area contributed by atoms with Gasteiger partial charge >= 0.3 is 0 Å². The number of non-ortho nitro benzene ring substituents is 1. The maximum Gasteiger partial charge on any atom is 0.270 e. The maximum absolute atomic E-state index is 12.4. The number of carbonyl (C=O) groups excluding carboxylic acids is 1. The van der Waals surface area contributed by atoms with Crippen molar-refractivity contribution in [1.82, 2.24) is 5.32 Å². The van der Waals surface area contributed by atoms with Gasteiger partial charge < -0.3 is 10.1 Å². The first kappa shape index (κ1) is 20.8. The molecule has 27 heavy (non-hydrogen) atoms. The van der Waals surface area contributed by atoms with Crippen molar-refractivity contribution in [3.05, 3.63) is 62.6 Å². The molecule has 0 saturated heterocycles. The Morgan fingerprint density at radius 3 is 2.70 bits per heavy atom. The largest absolute Gasteiger partial charge is 0.491 e. The molecule has 0 radical (unpaired) electrons. The second-order valence-electron chi connectivity index (χ2n) is 5.69. The molecule has 0 bridgehead atoms. The minimum absolute atomic E-state index is 0.0468. The molecule has 142 valence electrons. The highest BCUT2D eigenvalue weighted by molar-refractivity contribution is 9.10. The van der Waals surface area contributed by atoms with Crippen LogP contribution in [0.3, 0.4) is 0 Å². The Balaban J connectivity index is 2.02. The molecule has 0 heterocycles. The third-order valence-corrected chi connectivity index (χ3v) is 4.51. The van der Waals surface area contributed by atoms with Crippen LogP contribution in [0.2, 0.25) is 0 Å². The molecule has 1 amide bonds. The second kappa shape index (κ2) is 9.43. The molecule has 2 aromatic rings. The van der Waals surface area contributed by atoms with Crippen molar-refractivity contribution in [2.45, 2.75) is 26.4 Å². The van der Waals surface area contributed by atoms with Gasteiger partial charge in [-0.1, -0.05) is 13.0 Å². The summed E-state index contributed by atoms with van der Waals surface area (Å²) in [7, 11) is 0. The summed E-state index contributed by atoms with van der Waals surface area (Å²) in [5.74, 6) is 0.217. The lowest BCUT2D eigenvalue weighted by Crippen LogP contribution is -2.34. The third-order valence-electron chi connectivity index (χ3n) is 3.65. The predicted octanol–water partition coefficient (Wildman–Crippen LogP) is 4.66. The number of carbonyl (C=O) groups is 1. The van der Waals surface area contributed by atoms with Crippen LogP contribution >= 0.6 is 28.1 Å². The number of hydrogen-bond donors (Lipinski definition) is 2. The van der Waals surface area contributed by atoms with Gasteiger partial charge in [-0.2, -0.15) is 0 Å². The van der Waals surface area contributed by atoms with Gasteiger partial charge in [0.25, 0.3) is 11.6 Å². The fourth-order valence-corrected chi connectivity index (χ4v) is 2.74. The van der Waals surface area contributed by atoms with E-state index in [1.807, 2.05) is 13.8 Å². The highest BCUT2D eigenvalue weighted by Crippen LogP contribution is 2.27. The lowest BCUT2D eigenvalue weighted by Gasteiger charge is -2.14. The van der Waals surface area contributed by atoms with Gasteiger partial charge in [-0.15, -0.1) is 0 Å². The zero-order valence-corrected chi connectivity index (χ0v) is 17.1. The Labute approximate surface area is 170 Å². The van der Waals surface area contributed by atoms with Crippen LogP contribution < -0.4 is 15.4 Å². The molecule has 2 rings (SSSR count). The van der Waals surface area contributed by atoms with Crippen LogP contribution in [-0.2, 0) is 0 Å². The third kappa shape index (κ3) is 6.00. The Morgan fingerprint density at radius 1 is 1.33 bits per heavy atom. The number of ether oxygens (including phenoxy) is 1. The van der Waals surface area contributed by atoms with E-state index in [1.165, 1.54) is 18.2 Å². The average molecular weight is 452 g/mol. The van der Waals surface area contributed by atoms with Gasteiger partial charge in [-0.25, -0.2) is 0 Å². The summed E-state index contributed by atoms with van der Waals surface area (Å²) in [6.45, 7) is 3.97. The van der Waals surface area contributed by atoms with Crippen LogP contribution in [0.1, 0.15) is 30.6 Å². The van der Waals surface area contributed by atoms with E-state index in [9.17, 15) is 14.9 Å². The van der Waals surface area contributed by atoms with Crippen LogP contribution in [0, 0.1) is 10.1 Å². The molecular weight excluding hydrogens is 434 g/mol. The summed E-state index contributed by atoms with van der Waals surface area (Å²) in [6.07, 6.45) is 0.902. The molecule has 1 unspecified atom stereocenters. The van der Waals surface area contributed by atoms with E-state index in [0.29, 0.717) is 21.5 Å². The first-order chi connectivity index (χ1) is 12.8. The SMILES string of the molecule is CCC(C)Oc1cccc(C(=O)NC(=S)Nc2ccc([N+](=O)[O-])cc2Br)c1. The zero-order valence-electron chi connectivity index (χ0n) is 14.7. The number of nitrogens with one attached hydrogen (secondary N) is 2. The van der Waals surface area contributed by atoms with Gasteiger partial charge in [0.15, 0.2) is 5.11 Å². The highest BCUT2D eigenvalue weighted by atomic mass is 79.9. The highest BCUT2D eigenvalue weighted by Gasteiger charge is 2.13. The number of benzene rings is 2. The Bertz CT molecular complexity index is 875. The van der Waals surface area contributed by atoms with Gasteiger partial charge in [-0.05, 0) is 65.8 Å². The van der Waals surface area contributed by atoms with Crippen molar-refractivity contribution in [3.63, 3.8) is 0 Å². The van der Waals surface area contributed by atoms with E-state index in [4.69, 9.17) is 17.0 Å². The minimum Gasteiger partial charge on any atom is -0.491 e. The number of rotatable bonds is 6. The van der Waals surface area contributed by atoms with Gasteiger partial charge in [0.1, 0.15) is 5.75 Å². The molecule has 0 aliphatic heterocycles. The van der Waals surface area contributed by atoms with Gasteiger partial charge in [0, 0.05) is 22.2 Å². The molecule has 2 N–H and O–H groups in total. The summed E-state index contributed by atoms with van der Waals surface area (Å²) in [6, 6.07) is 11.0. The molecule has 2 aromatic carbocycles. The molecule has 0 aromatic heterocycles. The molecule has 0 saturated carbocycles. The normalized spacial score (nSPS) is 11.4. The van der Waals surface area contributed by atoms with Crippen molar-refractivity contribution >= 4 is 50.5 Å². The van der Waals surface area contributed by atoms with E-state index >= 15 is 0 Å². The van der Waals surface area contributed by atoms with E-state index < -0.39 is 4.92 Å². The zero-order chi connectivity index (χ0) is 20.0. The molecular formula is C18H18BrN3O4S. The number of thiocarbonyl (C=S) groups is 1. The quantitative estimate of drug-likeness (QED) is 0.376. The Morgan fingerprint density at radius 2 is 2.07 bits per heavy atom. The average Bonchev–Trinajstić information content (AvgIpc) is 2.63. The number of halogens is 1. The Kier molecular flexibility index (Phi) is 7.26. The lowest BCUT2D eigenvalue weighted by molar-refractivity contribution is -0.384. The van der Waals surface area contributed by atoms with E-state index in [2.05, 4.69) is 26.6 Å². The molecule has 9 heteroatoms. The van der Waals surface area contributed by atoms with Crippen molar-refractivity contribution in [3.8, 4) is 5.75 Å². The van der Waals surface area contributed by atoms with Crippen LogP contribution in [-0.4, -0.2) is 22.0 Å². The molecule has 0 fully saturated rings.